The normalized spacial score (nSPS) is 13.5. The molecule has 0 aliphatic carbocycles. The monoisotopic (exact) mass is 480 g/mol. The van der Waals surface area contributed by atoms with Gasteiger partial charge in [-0.15, -0.1) is 0 Å². The van der Waals surface area contributed by atoms with Crippen molar-refractivity contribution < 1.29 is 13.7 Å². The first-order valence-electron chi connectivity index (χ1n) is 10.7. The molecule has 0 saturated carbocycles. The zero-order chi connectivity index (χ0) is 22.9. The Balaban J connectivity index is 1.68. The minimum Gasteiger partial charge on any atom is -0.399 e. The summed E-state index contributed by atoms with van der Waals surface area (Å²) in [5.74, 6) is 1.07. The molecule has 1 aliphatic heterocycles. The van der Waals surface area contributed by atoms with Crippen LogP contribution in [-0.4, -0.2) is 18.1 Å². The summed E-state index contributed by atoms with van der Waals surface area (Å²) < 4.78 is 5.56. The third kappa shape index (κ3) is 4.17. The summed E-state index contributed by atoms with van der Waals surface area (Å²) in [6.07, 6.45) is 13.7. The maximum atomic E-state index is 6.91. The highest BCUT2D eigenvalue weighted by Gasteiger charge is 2.34. The van der Waals surface area contributed by atoms with Crippen LogP contribution in [0, 0.1) is 0 Å². The molecular weight excluding hydrogens is 457 g/mol. The number of nitrogens with zero attached hydrogens (tertiary/aromatic N) is 5. The summed E-state index contributed by atoms with van der Waals surface area (Å²) in [6, 6.07) is 11.3. The van der Waals surface area contributed by atoms with E-state index in [1.165, 1.54) is 18.5 Å². The molecule has 5 heterocycles. The van der Waals surface area contributed by atoms with E-state index in [1.807, 2.05) is 50.9 Å². The number of aromatic nitrogens is 4. The van der Waals surface area contributed by atoms with Gasteiger partial charge in [0.05, 0.1) is 24.8 Å². The fourth-order valence-electron chi connectivity index (χ4n) is 3.99. The molecule has 0 radical (unpaired) electrons. The van der Waals surface area contributed by atoms with E-state index in [2.05, 4.69) is 17.0 Å². The lowest BCUT2D eigenvalue weighted by molar-refractivity contribution is -0.617. The molecule has 166 valence electrons. The van der Waals surface area contributed by atoms with Gasteiger partial charge in [0.2, 0.25) is 10.0 Å². The van der Waals surface area contributed by atoms with Crippen LogP contribution >= 0.6 is 23.2 Å². The first kappa shape index (κ1) is 21.4. The predicted octanol–water partition coefficient (Wildman–Crippen LogP) is 2.98. The standard InChI is InChI=1S/C24H22Cl2N7/c25-20-22(31-15-7-19(8-16-31)30-9-1-2-10-30)21(26)24(33-13-5-18(28)6-14-33)29-23(20)32-11-3-17(27)4-12-32/h3-8,11-16,27-28H,1-2,9-10H2/q+1/p+2. The summed E-state index contributed by atoms with van der Waals surface area (Å²) in [5.41, 5.74) is 14.9. The third-order valence-corrected chi connectivity index (χ3v) is 6.46. The number of nitrogen functional groups attached to an aromatic ring is 2. The van der Waals surface area contributed by atoms with Crippen LogP contribution in [0.4, 0.5) is 17.1 Å². The van der Waals surface area contributed by atoms with Crippen molar-refractivity contribution in [1.82, 2.24) is 4.98 Å². The highest BCUT2D eigenvalue weighted by molar-refractivity contribution is 6.38. The molecule has 4 aromatic rings. The number of halogens is 2. The van der Waals surface area contributed by atoms with Crippen molar-refractivity contribution in [2.75, 3.05) is 29.5 Å². The van der Waals surface area contributed by atoms with E-state index in [0.717, 1.165) is 13.1 Å². The van der Waals surface area contributed by atoms with Gasteiger partial charge >= 0.3 is 11.6 Å². The third-order valence-electron chi connectivity index (χ3n) is 5.76. The van der Waals surface area contributed by atoms with Crippen LogP contribution in [0.3, 0.4) is 0 Å². The van der Waals surface area contributed by atoms with Gasteiger partial charge in [-0.3, -0.25) is 0 Å². The molecule has 4 N–H and O–H groups in total. The van der Waals surface area contributed by atoms with Gasteiger partial charge in [0.25, 0.3) is 5.69 Å². The number of hydrogen-bond acceptors (Lipinski definition) is 4. The molecule has 1 saturated heterocycles. The van der Waals surface area contributed by atoms with Gasteiger partial charge in [-0.25, -0.2) is 9.13 Å². The lowest BCUT2D eigenvalue weighted by Gasteiger charge is -2.16. The smallest absolute Gasteiger partial charge is 0.358 e. The van der Waals surface area contributed by atoms with Crippen molar-refractivity contribution >= 4 is 40.3 Å². The van der Waals surface area contributed by atoms with E-state index < -0.39 is 0 Å². The van der Waals surface area contributed by atoms with E-state index in [-0.39, 0.29) is 0 Å². The molecule has 1 fully saturated rings. The SMILES string of the molecule is Nc1cc[n+](-c2nc(-[n+]3ccc(N)cc3)c(Cl)c(-[n+]3ccc(N4CCCC4)cc3)c2Cl)cc1. The van der Waals surface area contributed by atoms with Crippen molar-refractivity contribution in [3.63, 3.8) is 0 Å². The maximum Gasteiger partial charge on any atom is 0.358 e. The molecule has 0 atom stereocenters. The highest BCUT2D eigenvalue weighted by atomic mass is 35.5. The van der Waals surface area contributed by atoms with Gasteiger partial charge in [-0.2, -0.15) is 4.57 Å². The first-order valence-corrected chi connectivity index (χ1v) is 11.5. The Morgan fingerprint density at radius 3 is 1.55 bits per heavy atom. The molecule has 7 nitrogen and oxygen atoms in total. The minimum absolute atomic E-state index is 0.425. The van der Waals surface area contributed by atoms with Crippen LogP contribution in [0.2, 0.25) is 10.0 Å². The van der Waals surface area contributed by atoms with Crippen molar-refractivity contribution in [3.8, 4) is 17.3 Å². The summed E-state index contributed by atoms with van der Waals surface area (Å²) >= 11 is 13.8. The average molecular weight is 481 g/mol. The number of pyridine rings is 4. The van der Waals surface area contributed by atoms with E-state index in [4.69, 9.17) is 39.7 Å². The summed E-state index contributed by atoms with van der Waals surface area (Å²) in [6.45, 7) is 2.16. The lowest BCUT2D eigenvalue weighted by Crippen LogP contribution is -2.40. The zero-order valence-corrected chi connectivity index (χ0v) is 19.4. The maximum absolute atomic E-state index is 6.91. The Hall–Kier alpha value is -3.42. The molecule has 0 bridgehead atoms. The Bertz CT molecular complexity index is 1210. The molecule has 4 aromatic heterocycles. The van der Waals surface area contributed by atoms with Crippen LogP contribution in [0.15, 0.2) is 73.6 Å². The van der Waals surface area contributed by atoms with E-state index in [9.17, 15) is 0 Å². The van der Waals surface area contributed by atoms with Crippen molar-refractivity contribution in [2.45, 2.75) is 12.8 Å². The summed E-state index contributed by atoms with van der Waals surface area (Å²) in [4.78, 5) is 7.18. The largest absolute Gasteiger partial charge is 0.399 e. The topological polar surface area (TPSA) is 79.8 Å². The average Bonchev–Trinajstić information content (AvgIpc) is 3.36. The fraction of sp³-hybridized carbons (Fsp3) is 0.167. The van der Waals surface area contributed by atoms with Gasteiger partial charge < -0.3 is 16.4 Å². The second-order valence-corrected chi connectivity index (χ2v) is 8.73. The molecule has 0 aromatic carbocycles. The lowest BCUT2D eigenvalue weighted by atomic mass is 10.3. The quantitative estimate of drug-likeness (QED) is 0.440. The Kier molecular flexibility index (Phi) is 5.74. The van der Waals surface area contributed by atoms with E-state index >= 15 is 0 Å². The molecule has 0 amide bonds. The van der Waals surface area contributed by atoms with E-state index in [1.54, 1.807) is 24.3 Å². The Morgan fingerprint density at radius 2 is 1.09 bits per heavy atom. The van der Waals surface area contributed by atoms with Crippen molar-refractivity contribution in [3.05, 3.63) is 83.6 Å². The second kappa shape index (κ2) is 8.84. The second-order valence-electron chi connectivity index (χ2n) is 7.97. The van der Waals surface area contributed by atoms with Gasteiger partial charge in [-0.1, -0.05) is 23.2 Å². The highest BCUT2D eigenvalue weighted by Crippen LogP contribution is 2.30. The zero-order valence-electron chi connectivity index (χ0n) is 17.9. The molecular formula is C24H24Cl2N7+3. The van der Waals surface area contributed by atoms with Crippen LogP contribution in [0.5, 0.6) is 0 Å². The Morgan fingerprint density at radius 1 is 0.667 bits per heavy atom. The van der Waals surface area contributed by atoms with E-state index in [0.29, 0.717) is 38.7 Å². The summed E-state index contributed by atoms with van der Waals surface area (Å²) in [7, 11) is 0. The van der Waals surface area contributed by atoms with Crippen LogP contribution in [-0.2, 0) is 0 Å². The molecule has 1 aliphatic rings. The van der Waals surface area contributed by atoms with Gasteiger partial charge in [0.15, 0.2) is 12.4 Å². The summed E-state index contributed by atoms with van der Waals surface area (Å²) in [5, 5.41) is 0.849. The Labute approximate surface area is 202 Å². The van der Waals surface area contributed by atoms with Crippen LogP contribution in [0.1, 0.15) is 12.8 Å². The molecule has 9 heteroatoms. The molecule has 33 heavy (non-hydrogen) atoms. The van der Waals surface area contributed by atoms with Crippen molar-refractivity contribution in [1.29, 1.82) is 0 Å². The minimum atomic E-state index is 0.425. The molecule has 0 spiro atoms. The molecule has 5 rings (SSSR count). The van der Waals surface area contributed by atoms with Gasteiger partial charge in [0.1, 0.15) is 0 Å². The van der Waals surface area contributed by atoms with Gasteiger partial charge in [-0.05, 0) is 12.8 Å². The van der Waals surface area contributed by atoms with Gasteiger partial charge in [0, 0.05) is 71.5 Å². The van der Waals surface area contributed by atoms with Crippen LogP contribution in [0.25, 0.3) is 17.3 Å². The predicted molar refractivity (Wildman–Crippen MR) is 129 cm³/mol. The number of hydrogen-bond donors (Lipinski definition) is 2. The number of nitrogens with two attached hydrogens (primary N) is 2. The first-order chi connectivity index (χ1) is 16.0. The molecule has 0 unspecified atom stereocenters. The number of rotatable bonds is 4. The number of anilines is 3. The fourth-order valence-corrected chi connectivity index (χ4v) is 4.70. The van der Waals surface area contributed by atoms with Crippen molar-refractivity contribution in [2.24, 2.45) is 0 Å². The van der Waals surface area contributed by atoms with Crippen LogP contribution < -0.4 is 30.1 Å².